The second-order valence-corrected chi connectivity index (χ2v) is 6.01. The predicted octanol–water partition coefficient (Wildman–Crippen LogP) is 2.77. The SMILES string of the molecule is O=C(NC[C@H]1CCCO1)N1CCC[C@H]1c1ccsc1. The molecule has 1 aromatic rings. The fourth-order valence-corrected chi connectivity index (χ4v) is 3.64. The lowest BCUT2D eigenvalue weighted by Crippen LogP contribution is -2.42. The summed E-state index contributed by atoms with van der Waals surface area (Å²) in [5.74, 6) is 0. The second kappa shape index (κ2) is 5.92. The van der Waals surface area contributed by atoms with E-state index in [0.29, 0.717) is 6.54 Å². The molecule has 0 aromatic carbocycles. The van der Waals surface area contributed by atoms with Gasteiger partial charge in [-0.15, -0.1) is 0 Å². The van der Waals surface area contributed by atoms with Gasteiger partial charge < -0.3 is 15.0 Å². The second-order valence-electron chi connectivity index (χ2n) is 5.23. The normalized spacial score (nSPS) is 26.8. The number of likely N-dealkylation sites (tertiary alicyclic amines) is 1. The van der Waals surface area contributed by atoms with Crippen molar-refractivity contribution >= 4 is 17.4 Å². The van der Waals surface area contributed by atoms with Gasteiger partial charge in [0.15, 0.2) is 0 Å². The van der Waals surface area contributed by atoms with Crippen LogP contribution in [-0.2, 0) is 4.74 Å². The van der Waals surface area contributed by atoms with Gasteiger partial charge in [-0.05, 0) is 48.1 Å². The summed E-state index contributed by atoms with van der Waals surface area (Å²) in [6.45, 7) is 2.34. The van der Waals surface area contributed by atoms with Crippen LogP contribution in [0.1, 0.15) is 37.3 Å². The number of rotatable bonds is 3. The average Bonchev–Trinajstić information content (AvgIpc) is 3.14. The number of urea groups is 1. The van der Waals surface area contributed by atoms with Gasteiger partial charge in [0.05, 0.1) is 12.1 Å². The van der Waals surface area contributed by atoms with E-state index in [9.17, 15) is 4.79 Å². The molecule has 0 radical (unpaired) electrons. The maximum atomic E-state index is 12.3. The van der Waals surface area contributed by atoms with E-state index in [4.69, 9.17) is 4.74 Å². The molecule has 2 fully saturated rings. The molecule has 3 heterocycles. The number of hydrogen-bond donors (Lipinski definition) is 1. The van der Waals surface area contributed by atoms with Crippen LogP contribution in [-0.4, -0.2) is 36.7 Å². The summed E-state index contributed by atoms with van der Waals surface area (Å²) in [5, 5.41) is 7.25. The third-order valence-electron chi connectivity index (χ3n) is 3.95. The van der Waals surface area contributed by atoms with Crippen molar-refractivity contribution in [1.82, 2.24) is 10.2 Å². The zero-order valence-corrected chi connectivity index (χ0v) is 11.8. The Labute approximate surface area is 117 Å². The van der Waals surface area contributed by atoms with Crippen LogP contribution in [0.5, 0.6) is 0 Å². The van der Waals surface area contributed by atoms with E-state index >= 15 is 0 Å². The van der Waals surface area contributed by atoms with E-state index in [2.05, 4.69) is 22.1 Å². The predicted molar refractivity (Wildman–Crippen MR) is 75.4 cm³/mol. The minimum atomic E-state index is 0.0594. The molecule has 0 bridgehead atoms. The third-order valence-corrected chi connectivity index (χ3v) is 4.65. The molecular weight excluding hydrogens is 260 g/mol. The first-order chi connectivity index (χ1) is 9.34. The smallest absolute Gasteiger partial charge is 0.318 e. The Balaban J connectivity index is 1.56. The minimum Gasteiger partial charge on any atom is -0.376 e. The zero-order valence-electron chi connectivity index (χ0n) is 11.0. The molecule has 3 rings (SSSR count). The van der Waals surface area contributed by atoms with Crippen molar-refractivity contribution < 1.29 is 9.53 Å². The average molecular weight is 280 g/mol. The first-order valence-electron chi connectivity index (χ1n) is 7.03. The minimum absolute atomic E-state index is 0.0594. The maximum Gasteiger partial charge on any atom is 0.318 e. The highest BCUT2D eigenvalue weighted by molar-refractivity contribution is 7.07. The highest BCUT2D eigenvalue weighted by Gasteiger charge is 2.30. The van der Waals surface area contributed by atoms with E-state index in [1.165, 1.54) is 5.56 Å². The lowest BCUT2D eigenvalue weighted by molar-refractivity contribution is 0.108. The Morgan fingerprint density at radius 3 is 3.16 bits per heavy atom. The number of thiophene rings is 1. The van der Waals surface area contributed by atoms with Gasteiger partial charge >= 0.3 is 6.03 Å². The molecule has 0 saturated carbocycles. The largest absolute Gasteiger partial charge is 0.376 e. The summed E-state index contributed by atoms with van der Waals surface area (Å²) in [6.07, 6.45) is 4.56. The van der Waals surface area contributed by atoms with Crippen LogP contribution in [0.25, 0.3) is 0 Å². The number of carbonyl (C=O) groups is 1. The Bertz CT molecular complexity index is 415. The van der Waals surface area contributed by atoms with Crippen molar-refractivity contribution in [1.29, 1.82) is 0 Å². The molecule has 2 aliphatic heterocycles. The standard InChI is InChI=1S/C14H20N2O2S/c17-14(15-9-12-3-2-7-18-12)16-6-1-4-13(16)11-5-8-19-10-11/h5,8,10,12-13H,1-4,6-7,9H2,(H,15,17)/t12-,13+/m1/s1. The number of ether oxygens (including phenoxy) is 1. The molecule has 0 unspecified atom stereocenters. The molecule has 5 heteroatoms. The van der Waals surface area contributed by atoms with Crippen molar-refractivity contribution in [3.8, 4) is 0 Å². The molecule has 1 aromatic heterocycles. The monoisotopic (exact) mass is 280 g/mol. The van der Waals surface area contributed by atoms with Crippen LogP contribution in [0.2, 0.25) is 0 Å². The molecule has 19 heavy (non-hydrogen) atoms. The Kier molecular flexibility index (Phi) is 4.03. The highest BCUT2D eigenvalue weighted by atomic mass is 32.1. The van der Waals surface area contributed by atoms with Crippen LogP contribution in [0.15, 0.2) is 16.8 Å². The molecule has 2 saturated heterocycles. The van der Waals surface area contributed by atoms with Crippen LogP contribution >= 0.6 is 11.3 Å². The maximum absolute atomic E-state index is 12.3. The Morgan fingerprint density at radius 2 is 2.42 bits per heavy atom. The summed E-state index contributed by atoms with van der Waals surface area (Å²) in [6, 6.07) is 2.45. The molecule has 2 aliphatic rings. The van der Waals surface area contributed by atoms with Gasteiger partial charge in [0.2, 0.25) is 0 Å². The molecule has 0 spiro atoms. The van der Waals surface area contributed by atoms with Gasteiger partial charge in [0, 0.05) is 19.7 Å². The van der Waals surface area contributed by atoms with Crippen LogP contribution in [0.4, 0.5) is 4.79 Å². The van der Waals surface area contributed by atoms with Gasteiger partial charge in [-0.1, -0.05) is 0 Å². The van der Waals surface area contributed by atoms with Crippen molar-refractivity contribution in [3.63, 3.8) is 0 Å². The fourth-order valence-electron chi connectivity index (χ4n) is 2.93. The number of hydrogen-bond acceptors (Lipinski definition) is 3. The first kappa shape index (κ1) is 12.9. The molecule has 104 valence electrons. The van der Waals surface area contributed by atoms with Crippen molar-refractivity contribution in [2.24, 2.45) is 0 Å². The lowest BCUT2D eigenvalue weighted by Gasteiger charge is -2.25. The number of carbonyl (C=O) groups excluding carboxylic acids is 1. The topological polar surface area (TPSA) is 41.6 Å². The summed E-state index contributed by atoms with van der Waals surface area (Å²) >= 11 is 1.70. The van der Waals surface area contributed by atoms with E-state index in [0.717, 1.165) is 38.8 Å². The summed E-state index contributed by atoms with van der Waals surface area (Å²) in [4.78, 5) is 14.2. The van der Waals surface area contributed by atoms with Crippen molar-refractivity contribution in [2.75, 3.05) is 19.7 Å². The van der Waals surface area contributed by atoms with Crippen LogP contribution < -0.4 is 5.32 Å². The van der Waals surface area contributed by atoms with E-state index < -0.39 is 0 Å². The Hall–Kier alpha value is -1.07. The first-order valence-corrected chi connectivity index (χ1v) is 7.97. The van der Waals surface area contributed by atoms with Gasteiger partial charge in [0.1, 0.15) is 0 Å². The van der Waals surface area contributed by atoms with E-state index in [1.807, 2.05) is 4.90 Å². The van der Waals surface area contributed by atoms with E-state index in [-0.39, 0.29) is 18.2 Å². The zero-order chi connectivity index (χ0) is 13.1. The summed E-state index contributed by atoms with van der Waals surface area (Å²) < 4.78 is 5.53. The molecule has 4 nitrogen and oxygen atoms in total. The Morgan fingerprint density at radius 1 is 1.47 bits per heavy atom. The van der Waals surface area contributed by atoms with E-state index in [1.54, 1.807) is 11.3 Å². The molecule has 2 atom stereocenters. The fraction of sp³-hybridized carbons (Fsp3) is 0.643. The highest BCUT2D eigenvalue weighted by Crippen LogP contribution is 2.32. The number of amides is 2. The number of nitrogens with zero attached hydrogens (tertiary/aromatic N) is 1. The molecule has 0 aliphatic carbocycles. The molecule has 2 amide bonds. The van der Waals surface area contributed by atoms with Gasteiger partial charge in [-0.3, -0.25) is 0 Å². The van der Waals surface area contributed by atoms with Crippen LogP contribution in [0.3, 0.4) is 0 Å². The lowest BCUT2D eigenvalue weighted by atomic mass is 10.1. The number of nitrogens with one attached hydrogen (secondary N) is 1. The molecular formula is C14H20N2O2S. The van der Waals surface area contributed by atoms with Gasteiger partial charge in [0.25, 0.3) is 0 Å². The third kappa shape index (κ3) is 2.92. The summed E-state index contributed by atoms with van der Waals surface area (Å²) in [7, 11) is 0. The quantitative estimate of drug-likeness (QED) is 0.925. The van der Waals surface area contributed by atoms with Crippen LogP contribution in [0, 0.1) is 0 Å². The van der Waals surface area contributed by atoms with Crippen molar-refractivity contribution in [3.05, 3.63) is 22.4 Å². The summed E-state index contributed by atoms with van der Waals surface area (Å²) in [5.41, 5.74) is 1.27. The van der Waals surface area contributed by atoms with Gasteiger partial charge in [-0.2, -0.15) is 11.3 Å². The molecule has 1 N–H and O–H groups in total. The van der Waals surface area contributed by atoms with Gasteiger partial charge in [-0.25, -0.2) is 4.79 Å². The van der Waals surface area contributed by atoms with Crippen molar-refractivity contribution in [2.45, 2.75) is 37.8 Å².